The number of carbonyl (C=O) groups excluding carboxylic acids is 1. The van der Waals surface area contributed by atoms with E-state index in [4.69, 9.17) is 16.2 Å². The lowest BCUT2D eigenvalue weighted by molar-refractivity contribution is -0.118. The van der Waals surface area contributed by atoms with Gasteiger partial charge in [-0.15, -0.1) is 0 Å². The number of ether oxygens (including phenoxy) is 1. The molecule has 0 bridgehead atoms. The van der Waals surface area contributed by atoms with Crippen molar-refractivity contribution in [1.29, 1.82) is 0 Å². The number of aliphatic hydroxyl groups excluding tert-OH is 1. The quantitative estimate of drug-likeness (QED) is 0.0748. The number of aliphatic hydroxyl groups is 1. The highest BCUT2D eigenvalue weighted by molar-refractivity contribution is 6.02. The van der Waals surface area contributed by atoms with Gasteiger partial charge in [-0.25, -0.2) is 4.39 Å². The molecule has 1 heterocycles. The minimum absolute atomic E-state index is 0.0475. The number of anilines is 1. The molecule has 1 fully saturated rings. The fraction of sp³-hybridized carbons (Fsp3) is 0.378. The maximum absolute atomic E-state index is 15.4. The lowest BCUT2D eigenvalue weighted by atomic mass is 10.0. The van der Waals surface area contributed by atoms with Crippen molar-refractivity contribution < 1.29 is 19.0 Å². The highest BCUT2D eigenvalue weighted by Gasteiger charge is 2.29. The molecule has 0 atom stereocenters. The van der Waals surface area contributed by atoms with Crippen LogP contribution < -0.4 is 26.8 Å². The second-order valence-electron chi connectivity index (χ2n) is 10.4. The summed E-state index contributed by atoms with van der Waals surface area (Å²) in [6.07, 6.45) is 13.6. The van der Waals surface area contributed by atoms with E-state index in [1.807, 2.05) is 53.7 Å². The molecule has 1 amide bonds. The Labute approximate surface area is 285 Å². The lowest BCUT2D eigenvalue weighted by Gasteiger charge is -2.23. The molecule has 2 aliphatic carbocycles. The second-order valence-corrected chi connectivity index (χ2v) is 10.4. The number of aliphatic imine (C=N–C) groups is 1. The third-order valence-corrected chi connectivity index (χ3v) is 6.77. The first kappa shape index (κ1) is 41.1. The Hall–Kier alpha value is -4.90. The van der Waals surface area contributed by atoms with Crippen LogP contribution in [-0.4, -0.2) is 61.5 Å². The topological polar surface area (TPSA) is 151 Å². The number of aromatic nitrogens is 1. The predicted octanol–water partition coefficient (Wildman–Crippen LogP) is 6.91. The van der Waals surface area contributed by atoms with Gasteiger partial charge in [-0.05, 0) is 57.5 Å². The van der Waals surface area contributed by atoms with Crippen molar-refractivity contribution in [1.82, 2.24) is 15.2 Å². The molecule has 4 rings (SSSR count). The first-order chi connectivity index (χ1) is 23.1. The van der Waals surface area contributed by atoms with Crippen molar-refractivity contribution in [2.45, 2.75) is 53.4 Å². The van der Waals surface area contributed by atoms with E-state index in [1.54, 1.807) is 24.4 Å². The number of rotatable bonds is 11. The number of methoxy groups -OCH3 is 1. The number of hydrogen-bond donors (Lipinski definition) is 5. The number of nitrogens with zero attached hydrogens (tertiary/aromatic N) is 3. The van der Waals surface area contributed by atoms with Crippen LogP contribution in [0.25, 0.3) is 16.8 Å². The summed E-state index contributed by atoms with van der Waals surface area (Å²) in [6, 6.07) is 6.61. The van der Waals surface area contributed by atoms with Gasteiger partial charge in [-0.3, -0.25) is 9.78 Å². The first-order valence-corrected chi connectivity index (χ1v) is 16.3. The number of nitrogens with one attached hydrogen (secondary N) is 2. The number of allylic oxidation sites excluding steroid dienone is 2. The number of para-hydroxylation sites is 1. The Kier molecular flexibility index (Phi) is 18.7. The van der Waals surface area contributed by atoms with Gasteiger partial charge in [0.2, 0.25) is 0 Å². The molecule has 0 saturated heterocycles. The largest absolute Gasteiger partial charge is 0.513 e. The highest BCUT2D eigenvalue weighted by Crippen LogP contribution is 2.38. The third kappa shape index (κ3) is 12.4. The summed E-state index contributed by atoms with van der Waals surface area (Å²) < 4.78 is 21.1. The molecule has 262 valence electrons. The van der Waals surface area contributed by atoms with Crippen LogP contribution in [0.4, 0.5) is 10.1 Å². The van der Waals surface area contributed by atoms with Crippen LogP contribution in [-0.2, 0) is 4.79 Å². The van der Waals surface area contributed by atoms with Gasteiger partial charge in [0.25, 0.3) is 5.91 Å². The van der Waals surface area contributed by atoms with E-state index in [1.165, 1.54) is 19.3 Å². The van der Waals surface area contributed by atoms with Crippen LogP contribution in [0.3, 0.4) is 0 Å². The molecule has 1 aromatic carbocycles. The average molecular weight is 664 g/mol. The summed E-state index contributed by atoms with van der Waals surface area (Å²) in [5.74, 6) is -0.601. The first-order valence-electron chi connectivity index (χ1n) is 16.3. The van der Waals surface area contributed by atoms with Crippen LogP contribution in [0.5, 0.6) is 5.75 Å². The Bertz CT molecular complexity index is 1510. The Morgan fingerprint density at radius 2 is 1.88 bits per heavy atom. The standard InChI is InChI=1S/C31H35FN6O3.C2H7N.2C2H6/c1-19(38(2)17-20-8-5-4-6-9-20)29-24(32)14-22(16-35-29)23-10-7-11-26(30(23)41-3)36-27(25(33)18-39)15-28(34)37-31(40)21-12-13-21;1-3-2;2*1-2/h5,7-11,14-16,18,21,36,39H,1,4,6,12-13,17,33H2,2-3H3,(H2,34,37,40);3H,1-2H3;2*1-2H3/b25-18+,27-15+;;;. The molecule has 7 N–H and O–H groups in total. The zero-order valence-corrected chi connectivity index (χ0v) is 29.7. The van der Waals surface area contributed by atoms with Gasteiger partial charge in [-0.1, -0.05) is 64.6 Å². The zero-order valence-electron chi connectivity index (χ0n) is 29.7. The summed E-state index contributed by atoms with van der Waals surface area (Å²) in [4.78, 5) is 22.2. The number of pyridine rings is 1. The summed E-state index contributed by atoms with van der Waals surface area (Å²) in [6.45, 7) is 12.7. The van der Waals surface area contributed by atoms with Crippen LogP contribution in [0, 0.1) is 11.7 Å². The summed E-state index contributed by atoms with van der Waals surface area (Å²) in [5, 5.41) is 15.4. The molecule has 10 nitrogen and oxygen atoms in total. The molecule has 2 aliphatic rings. The number of nitrogens with two attached hydrogens (primary N) is 2. The minimum Gasteiger partial charge on any atom is -0.513 e. The van der Waals surface area contributed by atoms with E-state index in [9.17, 15) is 9.90 Å². The Morgan fingerprint density at radius 1 is 1.21 bits per heavy atom. The Morgan fingerprint density at radius 3 is 2.42 bits per heavy atom. The maximum Gasteiger partial charge on any atom is 0.250 e. The van der Waals surface area contributed by atoms with Crippen LogP contribution in [0.15, 0.2) is 89.6 Å². The number of hydrogen-bond acceptors (Lipinski definition) is 8. The van der Waals surface area contributed by atoms with Gasteiger partial charge in [0.05, 0.1) is 29.9 Å². The fourth-order valence-corrected chi connectivity index (χ4v) is 4.35. The summed E-state index contributed by atoms with van der Waals surface area (Å²) in [7, 11) is 7.09. The van der Waals surface area contributed by atoms with Crippen molar-refractivity contribution in [3.63, 3.8) is 0 Å². The zero-order chi connectivity index (χ0) is 36.2. The van der Waals surface area contributed by atoms with Crippen molar-refractivity contribution in [3.8, 4) is 16.9 Å². The highest BCUT2D eigenvalue weighted by atomic mass is 19.1. The van der Waals surface area contributed by atoms with E-state index in [2.05, 4.69) is 45.4 Å². The number of carbonyl (C=O) groups is 1. The molecule has 2 aromatic rings. The molecule has 0 radical (unpaired) electrons. The molecular formula is C37H54FN7O3. The van der Waals surface area contributed by atoms with Gasteiger partial charge in [0.1, 0.15) is 23.5 Å². The predicted molar refractivity (Wildman–Crippen MR) is 198 cm³/mol. The Balaban J connectivity index is 0.00000153. The van der Waals surface area contributed by atoms with Crippen molar-refractivity contribution in [2.75, 3.05) is 40.1 Å². The SMILES string of the molecule is C=C(c1ncc(-c2cccc(NC(=C/C(N)=NC(=O)C3CC3)/C(N)=C\O)c2OC)cc1F)N(C)CC1=CCCC=C1.CC.CC.CNC. The minimum atomic E-state index is -0.523. The molecule has 48 heavy (non-hydrogen) atoms. The molecule has 1 aromatic heterocycles. The van der Waals surface area contributed by atoms with E-state index in [0.29, 0.717) is 41.1 Å². The normalized spacial score (nSPS) is 14.1. The van der Waals surface area contributed by atoms with Crippen molar-refractivity contribution in [3.05, 3.63) is 96.1 Å². The second kappa shape index (κ2) is 21.8. The number of amides is 1. The fourth-order valence-electron chi connectivity index (χ4n) is 4.35. The molecule has 0 unspecified atom stereocenters. The van der Waals surface area contributed by atoms with E-state index < -0.39 is 5.82 Å². The number of halogens is 1. The molecule has 1 saturated carbocycles. The summed E-state index contributed by atoms with van der Waals surface area (Å²) >= 11 is 0. The van der Waals surface area contributed by atoms with Gasteiger partial charge in [0, 0.05) is 42.9 Å². The van der Waals surface area contributed by atoms with Crippen LogP contribution in [0.2, 0.25) is 0 Å². The van der Waals surface area contributed by atoms with Crippen molar-refractivity contribution in [2.24, 2.45) is 22.4 Å². The number of likely N-dealkylation sites (N-methyl/N-ethyl adjacent to an activating group) is 1. The van der Waals surface area contributed by atoms with Crippen molar-refractivity contribution >= 4 is 23.1 Å². The lowest BCUT2D eigenvalue weighted by Crippen LogP contribution is -2.20. The third-order valence-electron chi connectivity index (χ3n) is 6.77. The number of benzene rings is 1. The van der Waals surface area contributed by atoms with Gasteiger partial charge in [0.15, 0.2) is 5.82 Å². The van der Waals surface area contributed by atoms with E-state index >= 15 is 4.39 Å². The van der Waals surface area contributed by atoms with E-state index in [-0.39, 0.29) is 34.7 Å². The maximum atomic E-state index is 15.4. The number of amidine groups is 1. The average Bonchev–Trinajstić information content (AvgIpc) is 3.96. The molecular weight excluding hydrogens is 609 g/mol. The van der Waals surface area contributed by atoms with Gasteiger partial charge in [-0.2, -0.15) is 4.99 Å². The molecule has 11 heteroatoms. The summed E-state index contributed by atoms with van der Waals surface area (Å²) in [5.41, 5.74) is 15.3. The van der Waals surface area contributed by atoms with E-state index in [0.717, 1.165) is 31.3 Å². The van der Waals surface area contributed by atoms with Gasteiger partial charge >= 0.3 is 0 Å². The van der Waals surface area contributed by atoms with Crippen LogP contribution in [0.1, 0.15) is 59.1 Å². The van der Waals surface area contributed by atoms with Gasteiger partial charge < -0.3 is 36.8 Å². The smallest absolute Gasteiger partial charge is 0.250 e. The molecule has 0 aliphatic heterocycles. The monoisotopic (exact) mass is 663 g/mol. The van der Waals surface area contributed by atoms with Crippen LogP contribution >= 0.6 is 0 Å². The molecule has 0 spiro atoms.